The summed E-state index contributed by atoms with van der Waals surface area (Å²) >= 11 is 0. The van der Waals surface area contributed by atoms with E-state index < -0.39 is 23.6 Å². The van der Waals surface area contributed by atoms with Crippen molar-refractivity contribution < 1.29 is 55.3 Å². The number of benzene rings is 5. The van der Waals surface area contributed by atoms with Crippen LogP contribution >= 0.6 is 0 Å². The first-order valence-corrected chi connectivity index (χ1v) is 32.9. The Morgan fingerprint density at radius 1 is 0.375 bits per heavy atom. The normalized spacial score (nSPS) is 11.3. The lowest BCUT2D eigenvalue weighted by Gasteiger charge is -2.09. The van der Waals surface area contributed by atoms with Gasteiger partial charge in [-0.15, -0.1) is 0 Å². The van der Waals surface area contributed by atoms with Gasteiger partial charge in [0.25, 0.3) is 23.6 Å². The first-order chi connectivity index (χ1) is 50.9. The van der Waals surface area contributed by atoms with Crippen LogP contribution in [0.5, 0.6) is 0 Å². The molecular weight excluding hydrogens is 1320 g/mol. The van der Waals surface area contributed by atoms with E-state index in [0.717, 1.165) is 125 Å². The van der Waals surface area contributed by atoms with E-state index in [0.29, 0.717) is 39.0 Å². The summed E-state index contributed by atoms with van der Waals surface area (Å²) in [5.74, 6) is 0.939. The number of aryl methyl sites for hydroxylation is 4. The number of hydrogen-bond acceptors (Lipinski definition) is 19. The molecule has 0 radical (unpaired) electrons. The molecule has 27 nitrogen and oxygen atoms in total. The molecule has 104 heavy (non-hydrogen) atoms. The standard InChI is InChI=1S/C24H22N4O2.2C18H18N4O3.C17H16N4O3/c29-24(27-30)13-10-19-8-11-22-21(15-19)26-23(12-9-18-5-2-1-3-6-18)28(22)17-20-7-4-14-25-16-20;23-11-1-10-22-16-4-2-13(3-5-17(24)21-25)12-15(16)20-18(22)14-6-8-19-9-7-14;23-11-3-10-22-16-7-5-13(6-8-17(24)21-25)12-15(16)20-18(22)14-4-1-2-9-19-14;22-10-9-21-15-3-1-12(2-4-16(23)20-24)11-14(15)19-17(21)13-5-7-18-8-6-13/h1-8,10-11,13-16,30H,9,12,17H2,(H,27,29);2-9,12,23,25H,1,10-11H2,(H,21,24);1-2,4-9,12,23,25H,3,10-11H2,(H,21,24);1-8,11,22,24H,9-10H2,(H,20,23)/b13-10+;5-3+;8-6+;4-2+. The molecule has 528 valence electrons. The van der Waals surface area contributed by atoms with Crippen LogP contribution in [0.25, 0.3) is 103 Å². The third kappa shape index (κ3) is 19.8. The summed E-state index contributed by atoms with van der Waals surface area (Å²) < 4.78 is 8.26. The van der Waals surface area contributed by atoms with Crippen LogP contribution in [0.3, 0.4) is 0 Å². The minimum atomic E-state index is -0.599. The molecule has 0 spiro atoms. The molecule has 8 heterocycles. The molecule has 4 amide bonds. The number of pyridine rings is 4. The van der Waals surface area contributed by atoms with E-state index in [4.69, 9.17) is 30.8 Å². The number of carbonyl (C=O) groups excluding carboxylic acids is 4. The van der Waals surface area contributed by atoms with Crippen LogP contribution in [0.1, 0.15) is 52.0 Å². The van der Waals surface area contributed by atoms with Crippen molar-refractivity contribution in [1.82, 2.24) is 80.1 Å². The number of aliphatic hydroxyl groups is 3. The number of fused-ring (bicyclic) bond motifs is 4. The minimum absolute atomic E-state index is 0.00185. The van der Waals surface area contributed by atoms with Crippen molar-refractivity contribution in [3.05, 3.63) is 265 Å². The number of nitrogens with one attached hydrogen (secondary N) is 4. The molecule has 0 aliphatic rings. The van der Waals surface area contributed by atoms with Gasteiger partial charge in [0, 0.05) is 118 Å². The molecule has 0 saturated heterocycles. The fourth-order valence-electron chi connectivity index (χ4n) is 11.2. The predicted molar refractivity (Wildman–Crippen MR) is 392 cm³/mol. The third-order valence-corrected chi connectivity index (χ3v) is 16.0. The monoisotopic (exact) mass is 1400 g/mol. The topological polar surface area (TPSA) is 381 Å². The van der Waals surface area contributed by atoms with E-state index in [2.05, 4.69) is 69.4 Å². The minimum Gasteiger partial charge on any atom is -0.396 e. The van der Waals surface area contributed by atoms with Crippen LogP contribution in [-0.2, 0) is 58.2 Å². The average Bonchev–Trinajstić information content (AvgIpc) is 1.64. The van der Waals surface area contributed by atoms with Gasteiger partial charge in [-0.1, -0.05) is 66.7 Å². The summed E-state index contributed by atoms with van der Waals surface area (Å²) in [6, 6.07) is 50.3. The van der Waals surface area contributed by atoms with Gasteiger partial charge in [0.15, 0.2) is 5.82 Å². The Hall–Kier alpha value is -12.9. The van der Waals surface area contributed by atoms with Gasteiger partial charge < -0.3 is 33.6 Å². The van der Waals surface area contributed by atoms with E-state index in [-0.39, 0.29) is 19.8 Å². The third-order valence-electron chi connectivity index (χ3n) is 16.0. The Morgan fingerprint density at radius 2 is 0.788 bits per heavy atom. The molecule has 8 aromatic heterocycles. The van der Waals surface area contributed by atoms with Crippen LogP contribution in [0.15, 0.2) is 225 Å². The molecule has 0 aliphatic carbocycles. The van der Waals surface area contributed by atoms with Crippen molar-refractivity contribution in [3.8, 4) is 34.3 Å². The number of nitrogens with zero attached hydrogens (tertiary/aromatic N) is 12. The van der Waals surface area contributed by atoms with Gasteiger partial charge in [-0.2, -0.15) is 0 Å². The highest BCUT2D eigenvalue weighted by atomic mass is 16.5. The summed E-state index contributed by atoms with van der Waals surface area (Å²) in [5.41, 5.74) is 21.4. The molecule has 27 heteroatoms. The van der Waals surface area contributed by atoms with Gasteiger partial charge in [0.1, 0.15) is 23.2 Å². The molecule has 5 aromatic carbocycles. The smallest absolute Gasteiger partial charge is 0.267 e. The zero-order valence-corrected chi connectivity index (χ0v) is 56.1. The van der Waals surface area contributed by atoms with Gasteiger partial charge >= 0.3 is 0 Å². The highest BCUT2D eigenvalue weighted by molar-refractivity contribution is 5.94. The molecule has 0 fully saturated rings. The Bertz CT molecular complexity index is 4990. The van der Waals surface area contributed by atoms with E-state index in [9.17, 15) is 34.5 Å². The summed E-state index contributed by atoms with van der Waals surface area (Å²) in [5, 5.41) is 61.9. The van der Waals surface area contributed by atoms with Crippen molar-refractivity contribution in [1.29, 1.82) is 0 Å². The van der Waals surface area contributed by atoms with E-state index >= 15 is 0 Å². The molecule has 0 saturated carbocycles. The number of aromatic nitrogens is 12. The summed E-state index contributed by atoms with van der Waals surface area (Å²) in [7, 11) is 0. The Morgan fingerprint density at radius 3 is 1.20 bits per heavy atom. The van der Waals surface area contributed by atoms with Crippen LogP contribution in [-0.4, -0.2) is 138 Å². The molecule has 11 N–H and O–H groups in total. The SMILES string of the molecule is O=C(/C=C/c1ccc2c(c1)nc(-c1ccccn1)n2CCCO)NO.O=C(/C=C/c1ccc2c(c1)nc(-c1ccncc1)n2CCCO)NO.O=C(/C=C/c1ccc2c(c1)nc(-c1ccncc1)n2CCO)NO.O=C(/C=C/c1ccc2c(c1)nc(CCc1ccccc1)n2Cc1cccnc1)NO. The second-order valence-electron chi connectivity index (χ2n) is 23.0. The number of amides is 4. The molecule has 0 atom stereocenters. The summed E-state index contributed by atoms with van der Waals surface area (Å²) in [6.07, 6.45) is 26.6. The maximum atomic E-state index is 11.3. The lowest BCUT2D eigenvalue weighted by Crippen LogP contribution is -2.14. The predicted octanol–water partition coefficient (Wildman–Crippen LogP) is 9.39. The van der Waals surface area contributed by atoms with Gasteiger partial charge in [0.2, 0.25) is 0 Å². The fraction of sp³-hybridized carbons (Fsp3) is 0.143. The van der Waals surface area contributed by atoms with E-state index in [1.807, 2.05) is 143 Å². The highest BCUT2D eigenvalue weighted by Crippen LogP contribution is 2.30. The zero-order chi connectivity index (χ0) is 73.0. The zero-order valence-electron chi connectivity index (χ0n) is 56.1. The number of carbonyl (C=O) groups is 4. The Balaban J connectivity index is 0.000000149. The average molecular weight is 1400 g/mol. The molecular formula is C77H74N16O11. The first kappa shape index (κ1) is 73.8. The van der Waals surface area contributed by atoms with Crippen molar-refractivity contribution in [2.45, 2.75) is 51.9 Å². The van der Waals surface area contributed by atoms with Crippen LogP contribution in [0, 0.1) is 0 Å². The number of aliphatic hydroxyl groups excluding tert-OH is 3. The van der Waals surface area contributed by atoms with Gasteiger partial charge in [-0.3, -0.25) is 59.9 Å². The van der Waals surface area contributed by atoms with Gasteiger partial charge in [0.05, 0.1) is 57.3 Å². The van der Waals surface area contributed by atoms with Gasteiger partial charge in [-0.05, 0) is 168 Å². The summed E-state index contributed by atoms with van der Waals surface area (Å²) in [6.45, 7) is 2.59. The highest BCUT2D eigenvalue weighted by Gasteiger charge is 2.18. The van der Waals surface area contributed by atoms with E-state index in [1.54, 1.807) is 83.4 Å². The number of hydrogen-bond donors (Lipinski definition) is 11. The number of rotatable bonds is 24. The van der Waals surface area contributed by atoms with Crippen molar-refractivity contribution in [2.75, 3.05) is 19.8 Å². The number of hydroxylamine groups is 4. The molecule has 13 rings (SSSR count). The van der Waals surface area contributed by atoms with Crippen LogP contribution in [0.2, 0.25) is 0 Å². The van der Waals surface area contributed by atoms with Crippen molar-refractivity contribution >= 4 is 92.1 Å². The van der Waals surface area contributed by atoms with Crippen molar-refractivity contribution in [2.24, 2.45) is 0 Å². The lowest BCUT2D eigenvalue weighted by molar-refractivity contribution is -0.124. The largest absolute Gasteiger partial charge is 0.396 e. The summed E-state index contributed by atoms with van der Waals surface area (Å²) in [4.78, 5) is 80.1. The molecule has 0 unspecified atom stereocenters. The second kappa shape index (κ2) is 37.5. The van der Waals surface area contributed by atoms with Crippen molar-refractivity contribution in [3.63, 3.8) is 0 Å². The molecule has 0 bridgehead atoms. The number of imidazole rings is 4. The first-order valence-electron chi connectivity index (χ1n) is 32.9. The van der Waals surface area contributed by atoms with Gasteiger partial charge in [-0.25, -0.2) is 41.9 Å². The van der Waals surface area contributed by atoms with Crippen LogP contribution in [0.4, 0.5) is 0 Å². The van der Waals surface area contributed by atoms with Crippen LogP contribution < -0.4 is 21.9 Å². The van der Waals surface area contributed by atoms with E-state index in [1.165, 1.54) is 29.9 Å². The second-order valence-corrected chi connectivity index (χ2v) is 23.0. The molecule has 0 aliphatic heterocycles. The fourth-order valence-corrected chi connectivity index (χ4v) is 11.2. The quantitative estimate of drug-likeness (QED) is 0.0152. The lowest BCUT2D eigenvalue weighted by atomic mass is 10.1. The Kier molecular flexibility index (Phi) is 26.7. The maximum Gasteiger partial charge on any atom is 0.267 e. The molecule has 13 aromatic rings. The Labute approximate surface area is 595 Å². The maximum absolute atomic E-state index is 11.3.